The van der Waals surface area contributed by atoms with Crippen LogP contribution in [0.1, 0.15) is 26.3 Å². The van der Waals surface area contributed by atoms with E-state index in [1.807, 2.05) is 12.1 Å². The molecule has 9 nitrogen and oxygen atoms in total. The van der Waals surface area contributed by atoms with E-state index in [0.717, 1.165) is 4.90 Å². The van der Waals surface area contributed by atoms with Crippen LogP contribution in [0.3, 0.4) is 0 Å². The lowest BCUT2D eigenvalue weighted by molar-refractivity contribution is 0.192. The molecule has 10 heteroatoms. The van der Waals surface area contributed by atoms with Crippen LogP contribution < -0.4 is 18.9 Å². The minimum absolute atomic E-state index is 0.0187. The van der Waals surface area contributed by atoms with Gasteiger partial charge in [-0.1, -0.05) is 45.0 Å². The Morgan fingerprint density at radius 1 is 0.946 bits per heavy atom. The smallest absolute Gasteiger partial charge is 0.263 e. The predicted molar refractivity (Wildman–Crippen MR) is 143 cm³/mol. The van der Waals surface area contributed by atoms with Crippen molar-refractivity contribution < 1.29 is 19.3 Å². The number of aliphatic hydroxyl groups is 1. The van der Waals surface area contributed by atoms with Crippen LogP contribution in [-0.2, 0) is 5.41 Å². The van der Waals surface area contributed by atoms with Crippen molar-refractivity contribution in [3.05, 3.63) is 72.8 Å². The quantitative estimate of drug-likeness (QED) is 0.260. The topological polar surface area (TPSA) is 112 Å². The number of nitrogens with zero attached hydrogens (tertiary/aromatic N) is 4. The third-order valence-corrected chi connectivity index (χ3v) is 6.05. The molecule has 0 radical (unpaired) electrons. The predicted octanol–water partition coefficient (Wildman–Crippen LogP) is 5.52. The van der Waals surface area contributed by atoms with E-state index in [-0.39, 0.29) is 30.3 Å². The first-order valence-electron chi connectivity index (χ1n) is 11.6. The van der Waals surface area contributed by atoms with Crippen LogP contribution in [0.25, 0.3) is 11.4 Å². The van der Waals surface area contributed by atoms with E-state index >= 15 is 0 Å². The number of ether oxygens (including phenoxy) is 3. The molecule has 192 valence electrons. The van der Waals surface area contributed by atoms with Gasteiger partial charge in [0.15, 0.2) is 23.1 Å². The van der Waals surface area contributed by atoms with Gasteiger partial charge in [0.05, 0.1) is 19.3 Å². The van der Waals surface area contributed by atoms with Crippen LogP contribution in [0.15, 0.2) is 72.1 Å². The normalized spacial score (nSPS) is 11.2. The summed E-state index contributed by atoms with van der Waals surface area (Å²) in [5.41, 5.74) is 1.90. The van der Waals surface area contributed by atoms with Crippen LogP contribution >= 0.6 is 11.9 Å². The maximum atomic E-state index is 9.41. The monoisotopic (exact) mass is 519 g/mol. The summed E-state index contributed by atoms with van der Waals surface area (Å²) in [6.07, 6.45) is 4.66. The lowest BCUT2D eigenvalue weighted by Gasteiger charge is -2.19. The molecule has 0 amide bonds. The van der Waals surface area contributed by atoms with Crippen molar-refractivity contribution in [1.82, 2.24) is 19.9 Å². The maximum Gasteiger partial charge on any atom is 0.263 e. The second-order valence-corrected chi connectivity index (χ2v) is 9.84. The number of aromatic nitrogens is 4. The minimum atomic E-state index is -0.195. The van der Waals surface area contributed by atoms with Gasteiger partial charge in [-0.2, -0.15) is 4.98 Å². The average molecular weight is 520 g/mol. The molecule has 2 aromatic heterocycles. The Labute approximate surface area is 220 Å². The molecule has 0 bridgehead atoms. The average Bonchev–Trinajstić information content (AvgIpc) is 2.92. The highest BCUT2D eigenvalue weighted by molar-refractivity contribution is 8.00. The summed E-state index contributed by atoms with van der Waals surface area (Å²) in [4.78, 5) is 18.4. The van der Waals surface area contributed by atoms with Gasteiger partial charge < -0.3 is 24.0 Å². The van der Waals surface area contributed by atoms with E-state index in [1.165, 1.54) is 23.8 Å². The first-order valence-corrected chi connectivity index (χ1v) is 12.5. The molecule has 37 heavy (non-hydrogen) atoms. The standard InChI is InChI=1S/C27H29N5O4S/c1-27(2,3)19-9-11-20(12-10-19)37-32-25-23(36-22-8-6-5-7-21(22)34-4)26(35-14-13-33)31-24(30-25)18-15-28-17-29-16-18/h5-12,15-17,33H,13-14H2,1-4H3,(H,30,31,32). The number of rotatable bonds is 10. The molecule has 0 saturated carbocycles. The number of benzene rings is 2. The number of aliphatic hydroxyl groups excluding tert-OH is 1. The molecule has 0 saturated heterocycles. The molecule has 0 aliphatic rings. The molecule has 0 aliphatic heterocycles. The summed E-state index contributed by atoms with van der Waals surface area (Å²) >= 11 is 1.38. The molecule has 0 fully saturated rings. The Hall–Kier alpha value is -3.89. The van der Waals surface area contributed by atoms with E-state index in [1.54, 1.807) is 31.6 Å². The maximum absolute atomic E-state index is 9.41. The van der Waals surface area contributed by atoms with Crippen LogP contribution in [-0.4, -0.2) is 45.4 Å². The van der Waals surface area contributed by atoms with E-state index in [2.05, 4.69) is 64.7 Å². The van der Waals surface area contributed by atoms with Gasteiger partial charge in [0.25, 0.3) is 5.88 Å². The van der Waals surface area contributed by atoms with E-state index in [4.69, 9.17) is 19.2 Å². The zero-order chi connectivity index (χ0) is 26.3. The fraction of sp³-hybridized carbons (Fsp3) is 0.259. The molecule has 4 rings (SSSR count). The number of methoxy groups -OCH3 is 1. The third-order valence-electron chi connectivity index (χ3n) is 5.25. The molecule has 4 aromatic rings. The highest BCUT2D eigenvalue weighted by Crippen LogP contribution is 2.42. The molecule has 0 atom stereocenters. The largest absolute Gasteiger partial charge is 0.493 e. The van der Waals surface area contributed by atoms with E-state index in [0.29, 0.717) is 28.7 Å². The van der Waals surface area contributed by atoms with Crippen molar-refractivity contribution in [3.8, 4) is 34.5 Å². The fourth-order valence-electron chi connectivity index (χ4n) is 3.32. The fourth-order valence-corrected chi connectivity index (χ4v) is 3.94. The van der Waals surface area contributed by atoms with E-state index < -0.39 is 0 Å². The van der Waals surface area contributed by atoms with Gasteiger partial charge in [-0.3, -0.25) is 0 Å². The van der Waals surface area contributed by atoms with Crippen molar-refractivity contribution in [2.45, 2.75) is 31.1 Å². The Morgan fingerprint density at radius 2 is 1.65 bits per heavy atom. The first kappa shape index (κ1) is 26.2. The second-order valence-electron chi connectivity index (χ2n) is 8.96. The van der Waals surface area contributed by atoms with Crippen LogP contribution in [0.4, 0.5) is 5.82 Å². The van der Waals surface area contributed by atoms with Crippen molar-refractivity contribution in [2.75, 3.05) is 25.0 Å². The second kappa shape index (κ2) is 11.9. The third kappa shape index (κ3) is 6.66. The molecule has 2 heterocycles. The Morgan fingerprint density at radius 3 is 2.30 bits per heavy atom. The molecule has 2 aromatic carbocycles. The summed E-state index contributed by atoms with van der Waals surface area (Å²) in [6, 6.07) is 15.6. The zero-order valence-corrected chi connectivity index (χ0v) is 22.0. The number of hydrogen-bond donors (Lipinski definition) is 2. The Kier molecular flexibility index (Phi) is 8.42. The molecule has 2 N–H and O–H groups in total. The van der Waals surface area contributed by atoms with Crippen LogP contribution in [0.2, 0.25) is 0 Å². The summed E-state index contributed by atoms with van der Waals surface area (Å²) in [5, 5.41) is 9.41. The van der Waals surface area contributed by atoms with Gasteiger partial charge in [-0.15, -0.1) is 0 Å². The molecular formula is C27H29N5O4S. The SMILES string of the molecule is COc1ccccc1Oc1c(NSc2ccc(C(C)(C)C)cc2)nc(-c2cncnc2)nc1OCCO. The number of para-hydroxylation sites is 2. The number of nitrogens with one attached hydrogen (secondary N) is 1. The lowest BCUT2D eigenvalue weighted by atomic mass is 9.87. The van der Waals surface area contributed by atoms with Crippen molar-refractivity contribution in [2.24, 2.45) is 0 Å². The molecule has 0 aliphatic carbocycles. The van der Waals surface area contributed by atoms with Crippen molar-refractivity contribution >= 4 is 17.8 Å². The van der Waals surface area contributed by atoms with E-state index in [9.17, 15) is 5.11 Å². The summed E-state index contributed by atoms with van der Waals surface area (Å²) in [6.45, 7) is 6.36. The summed E-state index contributed by atoms with van der Waals surface area (Å²) in [7, 11) is 1.57. The van der Waals surface area contributed by atoms with Crippen LogP contribution in [0, 0.1) is 0 Å². The van der Waals surface area contributed by atoms with Gasteiger partial charge in [0.1, 0.15) is 12.9 Å². The lowest BCUT2D eigenvalue weighted by Crippen LogP contribution is -2.10. The summed E-state index contributed by atoms with van der Waals surface area (Å²) in [5.74, 6) is 2.11. The Balaban J connectivity index is 1.74. The van der Waals surface area contributed by atoms with Crippen molar-refractivity contribution in [1.29, 1.82) is 0 Å². The first-order chi connectivity index (χ1) is 17.9. The van der Waals surface area contributed by atoms with Gasteiger partial charge in [0, 0.05) is 17.3 Å². The highest BCUT2D eigenvalue weighted by Gasteiger charge is 2.22. The molecular weight excluding hydrogens is 490 g/mol. The minimum Gasteiger partial charge on any atom is -0.493 e. The van der Waals surface area contributed by atoms with Crippen molar-refractivity contribution in [3.63, 3.8) is 0 Å². The van der Waals surface area contributed by atoms with Gasteiger partial charge in [0.2, 0.25) is 5.75 Å². The van der Waals surface area contributed by atoms with Crippen LogP contribution in [0.5, 0.6) is 23.1 Å². The number of anilines is 1. The Bertz CT molecular complexity index is 1310. The van der Waals surface area contributed by atoms with Gasteiger partial charge >= 0.3 is 0 Å². The highest BCUT2D eigenvalue weighted by atomic mass is 32.2. The zero-order valence-electron chi connectivity index (χ0n) is 21.1. The molecule has 0 unspecified atom stereocenters. The number of hydrogen-bond acceptors (Lipinski definition) is 10. The molecule has 0 spiro atoms. The van der Waals surface area contributed by atoms with Gasteiger partial charge in [-0.05, 0) is 47.2 Å². The van der Waals surface area contributed by atoms with Gasteiger partial charge in [-0.25, -0.2) is 15.0 Å². The summed E-state index contributed by atoms with van der Waals surface area (Å²) < 4.78 is 20.8.